The predicted octanol–water partition coefficient (Wildman–Crippen LogP) is 3.01. The van der Waals surface area contributed by atoms with Crippen molar-refractivity contribution in [2.75, 3.05) is 13.1 Å². The topological polar surface area (TPSA) is 29.3 Å². The van der Waals surface area contributed by atoms with Crippen LogP contribution < -0.4 is 5.73 Å². The van der Waals surface area contributed by atoms with E-state index in [-0.39, 0.29) is 0 Å². The molecule has 2 aliphatic rings. The number of nitrogens with zero attached hydrogens (tertiary/aromatic N) is 1. The summed E-state index contributed by atoms with van der Waals surface area (Å²) in [6, 6.07) is 2.31. The Morgan fingerprint density at radius 2 is 2.44 bits per heavy atom. The first-order chi connectivity index (χ1) is 8.80. The molecule has 1 aliphatic carbocycles. The zero-order valence-corrected chi connectivity index (χ0v) is 12.1. The maximum Gasteiger partial charge on any atom is 0.0363 e. The molecule has 3 rings (SSSR count). The van der Waals surface area contributed by atoms with E-state index < -0.39 is 0 Å². The first-order valence-corrected chi connectivity index (χ1v) is 8.18. The Bertz CT molecular complexity index is 414. The number of hydrogen-bond donors (Lipinski definition) is 1. The van der Waals surface area contributed by atoms with Crippen LogP contribution in [0.4, 0.5) is 0 Å². The summed E-state index contributed by atoms with van der Waals surface area (Å²) >= 11 is 1.93. The fourth-order valence-corrected chi connectivity index (χ4v) is 5.04. The maximum atomic E-state index is 6.22. The van der Waals surface area contributed by atoms with Crippen molar-refractivity contribution in [3.05, 3.63) is 21.9 Å². The molecule has 2 atom stereocenters. The normalized spacial score (nSPS) is 32.7. The summed E-state index contributed by atoms with van der Waals surface area (Å²) < 4.78 is 0. The Balaban J connectivity index is 1.85. The molecule has 0 amide bonds. The molecule has 0 saturated heterocycles. The van der Waals surface area contributed by atoms with Gasteiger partial charge in [0.05, 0.1) is 0 Å². The van der Waals surface area contributed by atoms with E-state index in [1.807, 2.05) is 11.3 Å². The Morgan fingerprint density at radius 3 is 3.22 bits per heavy atom. The number of hydrogen-bond acceptors (Lipinski definition) is 3. The molecule has 2 unspecified atom stereocenters. The van der Waals surface area contributed by atoms with E-state index in [2.05, 4.69) is 23.3 Å². The van der Waals surface area contributed by atoms with Crippen LogP contribution in [0.25, 0.3) is 0 Å². The van der Waals surface area contributed by atoms with Crippen molar-refractivity contribution in [3.63, 3.8) is 0 Å². The summed E-state index contributed by atoms with van der Waals surface area (Å²) in [5.74, 6) is 0.808. The first-order valence-electron chi connectivity index (χ1n) is 7.30. The molecule has 0 aromatic carbocycles. The fraction of sp³-hybridized carbons (Fsp3) is 0.733. The molecule has 1 aromatic heterocycles. The van der Waals surface area contributed by atoms with E-state index in [0.29, 0.717) is 5.54 Å². The molecule has 18 heavy (non-hydrogen) atoms. The number of rotatable bonds is 3. The third kappa shape index (κ3) is 1.84. The van der Waals surface area contributed by atoms with Gasteiger partial charge in [0, 0.05) is 30.1 Å². The van der Waals surface area contributed by atoms with Crippen molar-refractivity contribution in [1.29, 1.82) is 0 Å². The van der Waals surface area contributed by atoms with E-state index >= 15 is 0 Å². The van der Waals surface area contributed by atoms with E-state index in [9.17, 15) is 0 Å². The highest BCUT2D eigenvalue weighted by Crippen LogP contribution is 2.43. The van der Waals surface area contributed by atoms with Crippen molar-refractivity contribution in [2.45, 2.75) is 51.1 Å². The summed E-state index contributed by atoms with van der Waals surface area (Å²) in [4.78, 5) is 4.31. The summed E-state index contributed by atoms with van der Waals surface area (Å²) in [7, 11) is 0. The van der Waals surface area contributed by atoms with Crippen LogP contribution in [0.3, 0.4) is 0 Å². The molecule has 1 aromatic rings. The van der Waals surface area contributed by atoms with E-state index in [4.69, 9.17) is 5.73 Å². The van der Waals surface area contributed by atoms with Gasteiger partial charge in [-0.25, -0.2) is 0 Å². The Kier molecular flexibility index (Phi) is 3.48. The van der Waals surface area contributed by atoms with Gasteiger partial charge in [-0.2, -0.15) is 0 Å². The van der Waals surface area contributed by atoms with Gasteiger partial charge in [0.1, 0.15) is 0 Å². The Morgan fingerprint density at radius 1 is 1.56 bits per heavy atom. The summed E-state index contributed by atoms with van der Waals surface area (Å²) in [6.45, 7) is 5.51. The van der Waals surface area contributed by atoms with Crippen molar-refractivity contribution in [1.82, 2.24) is 4.90 Å². The monoisotopic (exact) mass is 264 g/mol. The summed E-state index contributed by atoms with van der Waals surface area (Å²) in [5, 5.41) is 2.25. The quantitative estimate of drug-likeness (QED) is 0.909. The second-order valence-electron chi connectivity index (χ2n) is 5.85. The molecule has 2 N–H and O–H groups in total. The predicted molar refractivity (Wildman–Crippen MR) is 77.9 cm³/mol. The average Bonchev–Trinajstić information content (AvgIpc) is 3.04. The molecule has 0 radical (unpaired) electrons. The second kappa shape index (κ2) is 4.95. The van der Waals surface area contributed by atoms with Crippen LogP contribution in [0.2, 0.25) is 0 Å². The van der Waals surface area contributed by atoms with Crippen LogP contribution in [0, 0.1) is 5.92 Å². The third-order valence-corrected chi connectivity index (χ3v) is 6.23. The molecular weight excluding hydrogens is 240 g/mol. The van der Waals surface area contributed by atoms with Crippen LogP contribution in [0.5, 0.6) is 0 Å². The zero-order chi connectivity index (χ0) is 12.6. The van der Waals surface area contributed by atoms with Gasteiger partial charge in [0.15, 0.2) is 0 Å². The third-order valence-electron chi connectivity index (χ3n) is 5.21. The van der Waals surface area contributed by atoms with Crippen molar-refractivity contribution in [3.8, 4) is 0 Å². The molecule has 1 saturated carbocycles. The molecule has 0 spiro atoms. The lowest BCUT2D eigenvalue weighted by molar-refractivity contribution is 0.0437. The highest BCUT2D eigenvalue weighted by Gasteiger charge is 2.45. The lowest BCUT2D eigenvalue weighted by atomic mass is 9.82. The van der Waals surface area contributed by atoms with Crippen molar-refractivity contribution >= 4 is 11.3 Å². The van der Waals surface area contributed by atoms with Crippen molar-refractivity contribution in [2.24, 2.45) is 11.7 Å². The van der Waals surface area contributed by atoms with E-state index in [1.54, 1.807) is 10.4 Å². The van der Waals surface area contributed by atoms with Gasteiger partial charge >= 0.3 is 0 Å². The van der Waals surface area contributed by atoms with Gasteiger partial charge in [0.25, 0.3) is 0 Å². The van der Waals surface area contributed by atoms with Crippen LogP contribution >= 0.6 is 11.3 Å². The molecule has 1 fully saturated rings. The lowest BCUT2D eigenvalue weighted by Crippen LogP contribution is -2.57. The first kappa shape index (κ1) is 12.6. The summed E-state index contributed by atoms with van der Waals surface area (Å²) in [6.07, 6.45) is 6.56. The Labute approximate surface area is 114 Å². The van der Waals surface area contributed by atoms with Gasteiger partial charge in [-0.3, -0.25) is 4.90 Å². The van der Waals surface area contributed by atoms with Crippen LogP contribution in [-0.2, 0) is 13.0 Å². The van der Waals surface area contributed by atoms with Crippen LogP contribution in [0.15, 0.2) is 11.4 Å². The summed E-state index contributed by atoms with van der Waals surface area (Å²) in [5.41, 5.74) is 8.08. The number of nitrogens with two attached hydrogens (primary N) is 1. The van der Waals surface area contributed by atoms with Crippen LogP contribution in [-0.4, -0.2) is 23.5 Å². The molecular formula is C15H24N2S. The lowest BCUT2D eigenvalue weighted by Gasteiger charge is -2.46. The van der Waals surface area contributed by atoms with Gasteiger partial charge < -0.3 is 5.73 Å². The minimum Gasteiger partial charge on any atom is -0.329 e. The average molecular weight is 264 g/mol. The molecule has 2 heterocycles. The van der Waals surface area contributed by atoms with Gasteiger partial charge in [-0.05, 0) is 42.2 Å². The molecule has 1 aliphatic heterocycles. The number of fused-ring (bicyclic) bond motifs is 1. The van der Waals surface area contributed by atoms with Crippen LogP contribution in [0.1, 0.15) is 43.0 Å². The smallest absolute Gasteiger partial charge is 0.0363 e. The Hall–Kier alpha value is -0.380. The highest BCUT2D eigenvalue weighted by molar-refractivity contribution is 7.10. The minimum absolute atomic E-state index is 0.300. The van der Waals surface area contributed by atoms with Gasteiger partial charge in [-0.15, -0.1) is 11.3 Å². The minimum atomic E-state index is 0.300. The second-order valence-corrected chi connectivity index (χ2v) is 6.85. The molecule has 0 bridgehead atoms. The standard InChI is InChI=1S/C15H24N2S/c1-2-13-4-3-7-15(13,11-16)17-8-5-14-12(10-17)6-9-18-14/h6,9,13H,2-5,7-8,10-11,16H2,1H3. The molecule has 2 nitrogen and oxygen atoms in total. The fourth-order valence-electron chi connectivity index (χ4n) is 4.15. The molecule has 3 heteroatoms. The van der Waals surface area contributed by atoms with E-state index in [0.717, 1.165) is 19.0 Å². The van der Waals surface area contributed by atoms with Crippen molar-refractivity contribution < 1.29 is 0 Å². The maximum absolute atomic E-state index is 6.22. The van der Waals surface area contributed by atoms with E-state index in [1.165, 1.54) is 38.6 Å². The SMILES string of the molecule is CCC1CCCC1(CN)N1CCc2sccc2C1. The molecule has 100 valence electrons. The van der Waals surface area contributed by atoms with Gasteiger partial charge in [-0.1, -0.05) is 19.8 Å². The highest BCUT2D eigenvalue weighted by atomic mass is 32.1. The van der Waals surface area contributed by atoms with Gasteiger partial charge in [0.2, 0.25) is 0 Å². The largest absolute Gasteiger partial charge is 0.329 e. The zero-order valence-electron chi connectivity index (χ0n) is 11.3. The number of thiophene rings is 1.